The van der Waals surface area contributed by atoms with Gasteiger partial charge in [0, 0.05) is 19.0 Å². The van der Waals surface area contributed by atoms with Gasteiger partial charge >= 0.3 is 5.97 Å². The molecule has 2 amide bonds. The molecule has 3 N–H and O–H groups in total. The van der Waals surface area contributed by atoms with Gasteiger partial charge in [-0.2, -0.15) is 0 Å². The third-order valence-corrected chi connectivity index (χ3v) is 3.57. The van der Waals surface area contributed by atoms with Crippen molar-refractivity contribution in [3.05, 3.63) is 30.1 Å². The Kier molecular flexibility index (Phi) is 7.73. The third-order valence-electron chi connectivity index (χ3n) is 3.57. The first-order chi connectivity index (χ1) is 10.9. The number of nitrogens with one attached hydrogen (secondary N) is 2. The number of pyridine rings is 1. The summed E-state index contributed by atoms with van der Waals surface area (Å²) in [6.45, 7) is 3.92. The van der Waals surface area contributed by atoms with Gasteiger partial charge in [-0.05, 0) is 18.1 Å². The summed E-state index contributed by atoms with van der Waals surface area (Å²) in [6, 6.07) is 4.47. The first-order valence-electron chi connectivity index (χ1n) is 7.62. The van der Waals surface area contributed by atoms with E-state index >= 15 is 0 Å². The monoisotopic (exact) mass is 321 g/mol. The zero-order valence-electron chi connectivity index (χ0n) is 13.4. The molecule has 1 heterocycles. The molecule has 0 spiro atoms. The molecule has 1 aromatic heterocycles. The minimum Gasteiger partial charge on any atom is -0.480 e. The van der Waals surface area contributed by atoms with E-state index in [0.29, 0.717) is 13.0 Å². The van der Waals surface area contributed by atoms with Crippen molar-refractivity contribution < 1.29 is 19.5 Å². The zero-order chi connectivity index (χ0) is 17.2. The van der Waals surface area contributed by atoms with Crippen LogP contribution < -0.4 is 10.6 Å². The number of carboxylic acids is 1. The molecular weight excluding hydrogens is 298 g/mol. The van der Waals surface area contributed by atoms with Gasteiger partial charge in [0.1, 0.15) is 6.04 Å². The smallest absolute Gasteiger partial charge is 0.326 e. The Morgan fingerprint density at radius 1 is 1.22 bits per heavy atom. The van der Waals surface area contributed by atoms with Gasteiger partial charge < -0.3 is 15.7 Å². The number of nitrogens with zero attached hydrogens (tertiary/aromatic N) is 1. The zero-order valence-corrected chi connectivity index (χ0v) is 13.4. The lowest BCUT2D eigenvalue weighted by Crippen LogP contribution is -2.45. The first-order valence-corrected chi connectivity index (χ1v) is 7.62. The number of aliphatic carboxylic acids is 1. The van der Waals surface area contributed by atoms with Crippen molar-refractivity contribution in [1.82, 2.24) is 15.6 Å². The molecule has 0 aliphatic carbocycles. The summed E-state index contributed by atoms with van der Waals surface area (Å²) in [6.07, 6.45) is 2.23. The van der Waals surface area contributed by atoms with Crippen LogP contribution >= 0.6 is 0 Å². The fourth-order valence-electron chi connectivity index (χ4n) is 1.94. The molecule has 7 heteroatoms. The predicted octanol–water partition coefficient (Wildman–Crippen LogP) is 1.09. The van der Waals surface area contributed by atoms with Crippen molar-refractivity contribution in [1.29, 1.82) is 0 Å². The highest BCUT2D eigenvalue weighted by molar-refractivity contribution is 5.87. The Morgan fingerprint density at radius 2 is 1.91 bits per heavy atom. The van der Waals surface area contributed by atoms with Crippen LogP contribution in [0.3, 0.4) is 0 Å². The number of carboxylic acid groups (broad SMARTS) is 1. The summed E-state index contributed by atoms with van der Waals surface area (Å²) in [5.41, 5.74) is 0.730. The lowest BCUT2D eigenvalue weighted by molar-refractivity contribution is -0.143. The average Bonchev–Trinajstić information content (AvgIpc) is 2.55. The van der Waals surface area contributed by atoms with Crippen LogP contribution in [0.2, 0.25) is 0 Å². The Balaban J connectivity index is 2.34. The van der Waals surface area contributed by atoms with Crippen molar-refractivity contribution in [2.24, 2.45) is 5.92 Å². The molecule has 0 aliphatic heterocycles. The van der Waals surface area contributed by atoms with Gasteiger partial charge in [0.25, 0.3) is 0 Å². The molecule has 0 saturated heterocycles. The largest absolute Gasteiger partial charge is 0.480 e. The number of carbonyl (C=O) groups is 3. The van der Waals surface area contributed by atoms with Crippen molar-refractivity contribution in [2.45, 2.75) is 45.7 Å². The molecule has 1 aromatic rings. The van der Waals surface area contributed by atoms with Crippen LogP contribution in [0, 0.1) is 5.92 Å². The highest BCUT2D eigenvalue weighted by atomic mass is 16.4. The van der Waals surface area contributed by atoms with Crippen LogP contribution in [0.25, 0.3) is 0 Å². The molecule has 7 nitrogen and oxygen atoms in total. The van der Waals surface area contributed by atoms with Crippen molar-refractivity contribution in [3.8, 4) is 0 Å². The maximum absolute atomic E-state index is 11.8. The quantitative estimate of drug-likeness (QED) is 0.631. The molecule has 126 valence electrons. The molecule has 0 radical (unpaired) electrons. The standard InChI is InChI=1S/C16H23N3O4/c1-3-11(2)15(16(22)23)19-14(21)8-7-13(20)18-10-12-6-4-5-9-17-12/h4-6,9,11,15H,3,7-8,10H2,1-2H3,(H,18,20)(H,19,21)(H,22,23). The van der Waals surface area contributed by atoms with Gasteiger partial charge in [-0.25, -0.2) is 4.79 Å². The van der Waals surface area contributed by atoms with Gasteiger partial charge in [0.2, 0.25) is 11.8 Å². The van der Waals surface area contributed by atoms with Crippen LogP contribution in [-0.2, 0) is 20.9 Å². The first kappa shape index (κ1) is 18.6. The van der Waals surface area contributed by atoms with Crippen LogP contribution in [-0.4, -0.2) is 33.9 Å². The van der Waals surface area contributed by atoms with E-state index in [0.717, 1.165) is 5.69 Å². The second-order valence-corrected chi connectivity index (χ2v) is 5.37. The number of rotatable bonds is 9. The minimum absolute atomic E-state index is 0.00547. The lowest BCUT2D eigenvalue weighted by Gasteiger charge is -2.20. The minimum atomic E-state index is -1.06. The molecule has 0 fully saturated rings. The Labute approximate surface area is 135 Å². The molecule has 0 aromatic carbocycles. The Hall–Kier alpha value is -2.44. The highest BCUT2D eigenvalue weighted by Gasteiger charge is 2.25. The van der Waals surface area contributed by atoms with E-state index in [1.807, 2.05) is 13.0 Å². The highest BCUT2D eigenvalue weighted by Crippen LogP contribution is 2.08. The van der Waals surface area contributed by atoms with Crippen molar-refractivity contribution >= 4 is 17.8 Å². The lowest BCUT2D eigenvalue weighted by atomic mass is 9.99. The second kappa shape index (κ2) is 9.55. The molecule has 0 aliphatic rings. The predicted molar refractivity (Wildman–Crippen MR) is 84.3 cm³/mol. The van der Waals surface area contributed by atoms with E-state index in [9.17, 15) is 14.4 Å². The molecule has 2 atom stereocenters. The summed E-state index contributed by atoms with van der Waals surface area (Å²) in [5.74, 6) is -1.95. The summed E-state index contributed by atoms with van der Waals surface area (Å²) in [7, 11) is 0. The number of hydrogen-bond donors (Lipinski definition) is 3. The summed E-state index contributed by atoms with van der Waals surface area (Å²) >= 11 is 0. The Bertz CT molecular complexity index is 533. The third kappa shape index (κ3) is 6.90. The number of carbonyl (C=O) groups excluding carboxylic acids is 2. The second-order valence-electron chi connectivity index (χ2n) is 5.37. The van der Waals surface area contributed by atoms with Crippen LogP contribution in [0.1, 0.15) is 38.8 Å². The average molecular weight is 321 g/mol. The maximum atomic E-state index is 11.8. The van der Waals surface area contributed by atoms with E-state index in [-0.39, 0.29) is 24.7 Å². The number of amides is 2. The number of hydrogen-bond acceptors (Lipinski definition) is 4. The normalized spacial score (nSPS) is 13.0. The number of aromatic nitrogens is 1. The van der Waals surface area contributed by atoms with Gasteiger partial charge in [0.15, 0.2) is 0 Å². The summed E-state index contributed by atoms with van der Waals surface area (Å²) in [4.78, 5) is 38.7. The van der Waals surface area contributed by atoms with Gasteiger partial charge in [-0.3, -0.25) is 14.6 Å². The molecule has 0 saturated carbocycles. The van der Waals surface area contributed by atoms with E-state index in [1.165, 1.54) is 0 Å². The summed E-state index contributed by atoms with van der Waals surface area (Å²) in [5, 5.41) is 14.2. The van der Waals surface area contributed by atoms with Crippen LogP contribution in [0.5, 0.6) is 0 Å². The van der Waals surface area contributed by atoms with Crippen LogP contribution in [0.4, 0.5) is 0 Å². The fourth-order valence-corrected chi connectivity index (χ4v) is 1.94. The Morgan fingerprint density at radius 3 is 2.48 bits per heavy atom. The summed E-state index contributed by atoms with van der Waals surface area (Å²) < 4.78 is 0. The van der Waals surface area contributed by atoms with Gasteiger partial charge in [-0.1, -0.05) is 26.3 Å². The van der Waals surface area contributed by atoms with Gasteiger partial charge in [-0.15, -0.1) is 0 Å². The van der Waals surface area contributed by atoms with Crippen molar-refractivity contribution in [2.75, 3.05) is 0 Å². The van der Waals surface area contributed by atoms with Crippen LogP contribution in [0.15, 0.2) is 24.4 Å². The molecule has 0 bridgehead atoms. The van der Waals surface area contributed by atoms with Crippen molar-refractivity contribution in [3.63, 3.8) is 0 Å². The maximum Gasteiger partial charge on any atom is 0.326 e. The van der Waals surface area contributed by atoms with Gasteiger partial charge in [0.05, 0.1) is 12.2 Å². The molecule has 1 rings (SSSR count). The molecule has 23 heavy (non-hydrogen) atoms. The SMILES string of the molecule is CCC(C)C(NC(=O)CCC(=O)NCc1ccccn1)C(=O)O. The van der Waals surface area contributed by atoms with E-state index < -0.39 is 17.9 Å². The fraction of sp³-hybridized carbons (Fsp3) is 0.500. The van der Waals surface area contributed by atoms with E-state index in [1.54, 1.807) is 25.3 Å². The molecular formula is C16H23N3O4. The van der Waals surface area contributed by atoms with E-state index in [4.69, 9.17) is 5.11 Å². The topological polar surface area (TPSA) is 108 Å². The van der Waals surface area contributed by atoms with E-state index in [2.05, 4.69) is 15.6 Å². The molecule has 2 unspecified atom stereocenters.